The number of para-hydroxylation sites is 1. The molecule has 0 radical (unpaired) electrons. The number of rotatable bonds is 5. The predicted molar refractivity (Wildman–Crippen MR) is 102 cm³/mol. The zero-order valence-corrected chi connectivity index (χ0v) is 15.7. The molecule has 0 bridgehead atoms. The maximum Gasteiger partial charge on any atom is 0.310 e. The molecule has 0 aromatic heterocycles. The zero-order chi connectivity index (χ0) is 17.5. The van der Waals surface area contributed by atoms with Crippen molar-refractivity contribution < 1.29 is 9.53 Å². The fourth-order valence-electron chi connectivity index (χ4n) is 3.20. The Bertz CT molecular complexity index is 566. The van der Waals surface area contributed by atoms with Gasteiger partial charge in [0.05, 0.1) is 12.5 Å². The molecule has 1 unspecified atom stereocenters. The topological polar surface area (TPSA) is 41.6 Å². The van der Waals surface area contributed by atoms with Gasteiger partial charge in [-0.05, 0) is 56.0 Å². The second-order valence-corrected chi connectivity index (χ2v) is 6.51. The highest BCUT2D eigenvalue weighted by Gasteiger charge is 2.28. The summed E-state index contributed by atoms with van der Waals surface area (Å²) < 4.78 is 5.17. The lowest BCUT2D eigenvalue weighted by molar-refractivity contribution is -0.149. The highest BCUT2D eigenvalue weighted by Crippen LogP contribution is 2.24. The van der Waals surface area contributed by atoms with Crippen LogP contribution in [0.2, 0.25) is 0 Å². The van der Waals surface area contributed by atoms with E-state index in [1.807, 2.05) is 6.92 Å². The Morgan fingerprint density at radius 3 is 2.54 bits per heavy atom. The van der Waals surface area contributed by atoms with Gasteiger partial charge in [0.25, 0.3) is 0 Å². The summed E-state index contributed by atoms with van der Waals surface area (Å²) in [5, 5.41) is 4.16. The minimum atomic E-state index is -0.104. The van der Waals surface area contributed by atoms with Crippen LogP contribution in [0.1, 0.15) is 44.7 Å². The van der Waals surface area contributed by atoms with Crippen LogP contribution in [0.4, 0.5) is 5.69 Å². The van der Waals surface area contributed by atoms with E-state index in [0.29, 0.717) is 18.3 Å². The van der Waals surface area contributed by atoms with Crippen molar-refractivity contribution in [2.45, 2.75) is 46.5 Å². The molecule has 1 atom stereocenters. The van der Waals surface area contributed by atoms with Crippen molar-refractivity contribution in [3.63, 3.8) is 0 Å². The number of likely N-dealkylation sites (tertiary alicyclic amines) is 1. The number of piperidine rings is 1. The Balaban J connectivity index is 2.08. The Labute approximate surface area is 150 Å². The van der Waals surface area contributed by atoms with Gasteiger partial charge in [-0.25, -0.2) is 0 Å². The largest absolute Gasteiger partial charge is 0.466 e. The van der Waals surface area contributed by atoms with Crippen molar-refractivity contribution in [2.24, 2.45) is 5.92 Å². The van der Waals surface area contributed by atoms with Crippen LogP contribution in [-0.2, 0) is 22.4 Å². The van der Waals surface area contributed by atoms with Gasteiger partial charge in [0.15, 0.2) is 5.11 Å². The number of aryl methyl sites for hydroxylation is 2. The van der Waals surface area contributed by atoms with E-state index in [1.165, 1.54) is 11.1 Å². The predicted octanol–water partition coefficient (Wildman–Crippen LogP) is 3.78. The maximum absolute atomic E-state index is 12.0. The van der Waals surface area contributed by atoms with Crippen LogP contribution in [0, 0.1) is 5.92 Å². The minimum absolute atomic E-state index is 0.0782. The SMILES string of the molecule is CCOC(=O)C1CCCN(C(=S)Nc2c(CC)cccc2CC)C1. The van der Waals surface area contributed by atoms with Gasteiger partial charge < -0.3 is 15.0 Å². The van der Waals surface area contributed by atoms with E-state index < -0.39 is 0 Å². The van der Waals surface area contributed by atoms with Crippen molar-refractivity contribution in [1.29, 1.82) is 0 Å². The average Bonchev–Trinajstić information content (AvgIpc) is 2.62. The number of benzene rings is 1. The number of ether oxygens (including phenoxy) is 1. The van der Waals surface area contributed by atoms with E-state index in [0.717, 1.165) is 37.9 Å². The average molecular weight is 349 g/mol. The summed E-state index contributed by atoms with van der Waals surface area (Å²) in [6.07, 6.45) is 3.76. The lowest BCUT2D eigenvalue weighted by Crippen LogP contribution is -2.44. The number of carbonyl (C=O) groups is 1. The number of anilines is 1. The molecule has 1 saturated heterocycles. The normalized spacial score (nSPS) is 17.5. The van der Waals surface area contributed by atoms with Crippen molar-refractivity contribution in [1.82, 2.24) is 4.90 Å². The van der Waals surface area contributed by atoms with Crippen LogP contribution >= 0.6 is 12.2 Å². The summed E-state index contributed by atoms with van der Waals surface area (Å²) in [4.78, 5) is 14.1. The minimum Gasteiger partial charge on any atom is -0.466 e. The third-order valence-electron chi connectivity index (χ3n) is 4.56. The van der Waals surface area contributed by atoms with Crippen molar-refractivity contribution >= 4 is 29.0 Å². The molecular weight excluding hydrogens is 320 g/mol. The smallest absolute Gasteiger partial charge is 0.310 e. The van der Waals surface area contributed by atoms with E-state index in [-0.39, 0.29) is 11.9 Å². The summed E-state index contributed by atoms with van der Waals surface area (Å²) in [6, 6.07) is 6.38. The van der Waals surface area contributed by atoms with Gasteiger partial charge in [0.1, 0.15) is 0 Å². The molecule has 1 aromatic carbocycles. The first-order chi connectivity index (χ1) is 11.6. The molecule has 4 nitrogen and oxygen atoms in total. The third-order valence-corrected chi connectivity index (χ3v) is 4.92. The first kappa shape index (κ1) is 18.7. The van der Waals surface area contributed by atoms with Gasteiger partial charge in [0.2, 0.25) is 0 Å². The van der Waals surface area contributed by atoms with Gasteiger partial charge in [-0.3, -0.25) is 4.79 Å². The van der Waals surface area contributed by atoms with E-state index in [2.05, 4.69) is 42.3 Å². The van der Waals surface area contributed by atoms with Crippen LogP contribution < -0.4 is 5.32 Å². The van der Waals surface area contributed by atoms with E-state index in [4.69, 9.17) is 17.0 Å². The molecule has 1 N–H and O–H groups in total. The standard InChI is InChI=1S/C19H28N2O2S/c1-4-14-9-7-10-15(5-2)17(14)20-19(24)21-12-8-11-16(13-21)18(22)23-6-3/h7,9-10,16H,4-6,8,11-13H2,1-3H3,(H,20,24). The molecule has 0 saturated carbocycles. The molecule has 0 amide bonds. The lowest BCUT2D eigenvalue weighted by Gasteiger charge is -2.34. The van der Waals surface area contributed by atoms with Crippen LogP contribution in [0.3, 0.4) is 0 Å². The van der Waals surface area contributed by atoms with E-state index in [9.17, 15) is 4.79 Å². The lowest BCUT2D eigenvalue weighted by atomic mass is 9.98. The van der Waals surface area contributed by atoms with Gasteiger partial charge in [-0.15, -0.1) is 0 Å². The highest BCUT2D eigenvalue weighted by atomic mass is 32.1. The van der Waals surface area contributed by atoms with Gasteiger partial charge in [0, 0.05) is 18.8 Å². The van der Waals surface area contributed by atoms with Crippen LogP contribution in [0.25, 0.3) is 0 Å². The monoisotopic (exact) mass is 348 g/mol. The summed E-state index contributed by atoms with van der Waals surface area (Å²) in [5.41, 5.74) is 3.68. The zero-order valence-electron chi connectivity index (χ0n) is 14.9. The van der Waals surface area contributed by atoms with Crippen LogP contribution in [0.15, 0.2) is 18.2 Å². The number of nitrogens with one attached hydrogen (secondary N) is 1. The summed E-state index contributed by atoms with van der Waals surface area (Å²) >= 11 is 5.64. The first-order valence-corrected chi connectivity index (χ1v) is 9.34. The molecule has 1 aliphatic heterocycles. The molecule has 132 valence electrons. The highest BCUT2D eigenvalue weighted by molar-refractivity contribution is 7.80. The van der Waals surface area contributed by atoms with Crippen molar-refractivity contribution in [2.75, 3.05) is 25.0 Å². The molecule has 0 spiro atoms. The quantitative estimate of drug-likeness (QED) is 0.648. The van der Waals surface area contributed by atoms with Crippen molar-refractivity contribution in [3.05, 3.63) is 29.3 Å². The van der Waals surface area contributed by atoms with Crippen LogP contribution in [0.5, 0.6) is 0 Å². The molecule has 1 heterocycles. The number of hydrogen-bond acceptors (Lipinski definition) is 3. The number of hydrogen-bond donors (Lipinski definition) is 1. The van der Waals surface area contributed by atoms with E-state index in [1.54, 1.807) is 0 Å². The Kier molecular flexibility index (Phi) is 7.03. The fourth-order valence-corrected chi connectivity index (χ4v) is 3.47. The molecule has 2 rings (SSSR count). The van der Waals surface area contributed by atoms with Crippen molar-refractivity contribution in [3.8, 4) is 0 Å². The Morgan fingerprint density at radius 2 is 1.96 bits per heavy atom. The van der Waals surface area contributed by atoms with E-state index >= 15 is 0 Å². The summed E-state index contributed by atoms with van der Waals surface area (Å²) in [7, 11) is 0. The van der Waals surface area contributed by atoms with Crippen LogP contribution in [-0.4, -0.2) is 35.7 Å². The molecular formula is C19H28N2O2S. The molecule has 1 aliphatic rings. The number of carbonyl (C=O) groups excluding carboxylic acids is 1. The number of thiocarbonyl (C=S) groups is 1. The summed E-state index contributed by atoms with van der Waals surface area (Å²) in [5.74, 6) is -0.182. The number of esters is 1. The molecule has 0 aliphatic carbocycles. The number of nitrogens with zero attached hydrogens (tertiary/aromatic N) is 1. The molecule has 1 aromatic rings. The maximum atomic E-state index is 12.0. The Hall–Kier alpha value is -1.62. The second kappa shape index (κ2) is 9.02. The third kappa shape index (κ3) is 4.47. The van der Waals surface area contributed by atoms with Gasteiger partial charge in [-0.2, -0.15) is 0 Å². The Morgan fingerprint density at radius 1 is 1.29 bits per heavy atom. The molecule has 1 fully saturated rings. The fraction of sp³-hybridized carbons (Fsp3) is 0.579. The second-order valence-electron chi connectivity index (χ2n) is 6.13. The molecule has 5 heteroatoms. The summed E-state index contributed by atoms with van der Waals surface area (Å²) in [6.45, 7) is 8.11. The first-order valence-electron chi connectivity index (χ1n) is 8.93. The van der Waals surface area contributed by atoms with Gasteiger partial charge in [-0.1, -0.05) is 32.0 Å². The van der Waals surface area contributed by atoms with Gasteiger partial charge >= 0.3 is 5.97 Å². The molecule has 24 heavy (non-hydrogen) atoms.